The Morgan fingerprint density at radius 3 is 2.57 bits per heavy atom. The molecule has 28 heavy (non-hydrogen) atoms. The lowest BCUT2D eigenvalue weighted by Gasteiger charge is -2.20. The van der Waals surface area contributed by atoms with Crippen LogP contribution in [0.15, 0.2) is 64.2 Å². The van der Waals surface area contributed by atoms with E-state index in [0.717, 1.165) is 11.3 Å². The Hall–Kier alpha value is -2.80. The fraction of sp³-hybridized carbons (Fsp3) is 0.286. The first-order valence-electron chi connectivity index (χ1n) is 8.98. The third-order valence-corrected chi connectivity index (χ3v) is 5.02. The summed E-state index contributed by atoms with van der Waals surface area (Å²) in [5, 5.41) is 8.01. The SMILES string of the molecule is Cc1ccc(OCc2nnc(SC(C)C(=O)N(C)Cc3ccccc3)o2)cc1. The Labute approximate surface area is 168 Å². The number of carbonyl (C=O) groups is 1. The maximum Gasteiger partial charge on any atom is 0.277 e. The van der Waals surface area contributed by atoms with Crippen molar-refractivity contribution >= 4 is 17.7 Å². The molecule has 3 aromatic rings. The molecule has 0 bridgehead atoms. The predicted molar refractivity (Wildman–Crippen MR) is 108 cm³/mol. The van der Waals surface area contributed by atoms with Crippen molar-refractivity contribution in [2.45, 2.75) is 37.5 Å². The lowest BCUT2D eigenvalue weighted by molar-refractivity contribution is -0.129. The van der Waals surface area contributed by atoms with Crippen LogP contribution in [0.3, 0.4) is 0 Å². The van der Waals surface area contributed by atoms with Gasteiger partial charge in [-0.2, -0.15) is 0 Å². The van der Waals surface area contributed by atoms with Crippen LogP contribution in [0.1, 0.15) is 23.9 Å². The second kappa shape index (κ2) is 9.41. The highest BCUT2D eigenvalue weighted by atomic mass is 32.2. The standard InChI is InChI=1S/C21H23N3O3S/c1-15-9-11-18(12-10-15)26-14-19-22-23-21(27-19)28-16(2)20(25)24(3)13-17-7-5-4-6-8-17/h4-12,16H,13-14H2,1-3H3. The minimum absolute atomic E-state index is 0.00417. The molecule has 2 aromatic carbocycles. The van der Waals surface area contributed by atoms with Gasteiger partial charge in [-0.3, -0.25) is 4.79 Å². The monoisotopic (exact) mass is 397 g/mol. The molecule has 1 heterocycles. The number of aryl methyl sites for hydroxylation is 1. The maximum atomic E-state index is 12.6. The molecule has 0 saturated heterocycles. The van der Waals surface area contributed by atoms with Gasteiger partial charge < -0.3 is 14.1 Å². The summed E-state index contributed by atoms with van der Waals surface area (Å²) in [6.45, 7) is 4.60. The Balaban J connectivity index is 1.50. The average Bonchev–Trinajstić information content (AvgIpc) is 3.15. The van der Waals surface area contributed by atoms with E-state index in [1.165, 1.54) is 17.3 Å². The molecule has 1 amide bonds. The molecule has 0 aliphatic carbocycles. The molecule has 0 aliphatic rings. The third kappa shape index (κ3) is 5.60. The van der Waals surface area contributed by atoms with Crippen LogP contribution < -0.4 is 4.74 Å². The molecule has 1 aromatic heterocycles. The predicted octanol–water partition coefficient (Wildman–Crippen LogP) is 4.10. The van der Waals surface area contributed by atoms with Crippen LogP contribution in [0.25, 0.3) is 0 Å². The number of amides is 1. The van der Waals surface area contributed by atoms with Gasteiger partial charge >= 0.3 is 0 Å². The van der Waals surface area contributed by atoms with Gasteiger partial charge in [0.2, 0.25) is 5.91 Å². The summed E-state index contributed by atoms with van der Waals surface area (Å²) < 4.78 is 11.2. The van der Waals surface area contributed by atoms with Gasteiger partial charge in [-0.15, -0.1) is 10.2 Å². The normalized spacial score (nSPS) is 11.8. The van der Waals surface area contributed by atoms with Crippen molar-refractivity contribution in [3.63, 3.8) is 0 Å². The average molecular weight is 398 g/mol. The molecule has 1 atom stereocenters. The largest absolute Gasteiger partial charge is 0.484 e. The van der Waals surface area contributed by atoms with Gasteiger partial charge in [-0.1, -0.05) is 59.8 Å². The fourth-order valence-electron chi connectivity index (χ4n) is 2.57. The fourth-order valence-corrected chi connectivity index (χ4v) is 3.39. The summed E-state index contributed by atoms with van der Waals surface area (Å²) in [4.78, 5) is 14.3. The van der Waals surface area contributed by atoms with Crippen molar-refractivity contribution in [3.8, 4) is 5.75 Å². The zero-order valence-corrected chi connectivity index (χ0v) is 17.0. The molecule has 0 saturated carbocycles. The van der Waals surface area contributed by atoms with Crippen molar-refractivity contribution in [3.05, 3.63) is 71.6 Å². The van der Waals surface area contributed by atoms with Gasteiger partial charge in [0.05, 0.1) is 5.25 Å². The number of ether oxygens (including phenoxy) is 1. The Bertz CT molecular complexity index is 897. The lowest BCUT2D eigenvalue weighted by atomic mass is 10.2. The van der Waals surface area contributed by atoms with Crippen molar-refractivity contribution in [1.82, 2.24) is 15.1 Å². The topological polar surface area (TPSA) is 68.5 Å². The minimum Gasteiger partial charge on any atom is -0.484 e. The van der Waals surface area contributed by atoms with Crippen LogP contribution in [-0.2, 0) is 17.9 Å². The van der Waals surface area contributed by atoms with Crippen LogP contribution in [-0.4, -0.2) is 33.3 Å². The van der Waals surface area contributed by atoms with E-state index in [2.05, 4.69) is 10.2 Å². The van der Waals surface area contributed by atoms with E-state index in [1.807, 2.05) is 68.4 Å². The van der Waals surface area contributed by atoms with Gasteiger partial charge in [0, 0.05) is 13.6 Å². The van der Waals surface area contributed by atoms with E-state index in [9.17, 15) is 4.79 Å². The number of thioether (sulfide) groups is 1. The van der Waals surface area contributed by atoms with Crippen molar-refractivity contribution in [2.24, 2.45) is 0 Å². The van der Waals surface area contributed by atoms with E-state index in [1.54, 1.807) is 11.9 Å². The Morgan fingerprint density at radius 1 is 1.14 bits per heavy atom. The second-order valence-corrected chi connectivity index (χ2v) is 7.80. The van der Waals surface area contributed by atoms with Gasteiger partial charge in [0.15, 0.2) is 6.61 Å². The lowest BCUT2D eigenvalue weighted by Crippen LogP contribution is -2.32. The summed E-state index contributed by atoms with van der Waals surface area (Å²) in [7, 11) is 1.79. The number of hydrogen-bond donors (Lipinski definition) is 0. The van der Waals surface area contributed by atoms with E-state index in [-0.39, 0.29) is 17.8 Å². The highest BCUT2D eigenvalue weighted by molar-refractivity contribution is 8.00. The Kier molecular flexibility index (Phi) is 6.71. The van der Waals surface area contributed by atoms with Crippen LogP contribution in [0, 0.1) is 6.92 Å². The number of rotatable bonds is 8. The number of aromatic nitrogens is 2. The molecule has 3 rings (SSSR count). The number of nitrogens with zero attached hydrogens (tertiary/aromatic N) is 3. The van der Waals surface area contributed by atoms with Gasteiger partial charge in [0.1, 0.15) is 5.75 Å². The zero-order valence-electron chi connectivity index (χ0n) is 16.2. The van der Waals surface area contributed by atoms with Crippen molar-refractivity contribution in [1.29, 1.82) is 0 Å². The van der Waals surface area contributed by atoms with Crippen LogP contribution in [0.4, 0.5) is 0 Å². The van der Waals surface area contributed by atoms with Gasteiger partial charge in [0.25, 0.3) is 11.1 Å². The summed E-state index contributed by atoms with van der Waals surface area (Å²) in [5.41, 5.74) is 2.25. The molecule has 7 heteroatoms. The molecular weight excluding hydrogens is 374 g/mol. The van der Waals surface area contributed by atoms with E-state index in [0.29, 0.717) is 17.7 Å². The maximum absolute atomic E-state index is 12.6. The highest BCUT2D eigenvalue weighted by Gasteiger charge is 2.21. The molecule has 6 nitrogen and oxygen atoms in total. The second-order valence-electron chi connectivity index (χ2n) is 6.50. The van der Waals surface area contributed by atoms with Crippen molar-refractivity contribution < 1.29 is 13.9 Å². The van der Waals surface area contributed by atoms with E-state index in [4.69, 9.17) is 9.15 Å². The van der Waals surface area contributed by atoms with Crippen LogP contribution in [0.5, 0.6) is 5.75 Å². The molecule has 0 N–H and O–H groups in total. The van der Waals surface area contributed by atoms with E-state index >= 15 is 0 Å². The summed E-state index contributed by atoms with van der Waals surface area (Å²) >= 11 is 1.25. The summed E-state index contributed by atoms with van der Waals surface area (Å²) in [6, 6.07) is 17.6. The first-order chi connectivity index (χ1) is 13.5. The zero-order chi connectivity index (χ0) is 19.9. The molecule has 0 radical (unpaired) electrons. The Morgan fingerprint density at radius 2 is 1.86 bits per heavy atom. The first-order valence-corrected chi connectivity index (χ1v) is 9.86. The highest BCUT2D eigenvalue weighted by Crippen LogP contribution is 2.24. The van der Waals surface area contributed by atoms with Gasteiger partial charge in [-0.05, 0) is 31.5 Å². The van der Waals surface area contributed by atoms with Crippen LogP contribution in [0.2, 0.25) is 0 Å². The van der Waals surface area contributed by atoms with E-state index < -0.39 is 0 Å². The summed E-state index contributed by atoms with van der Waals surface area (Å²) in [5.74, 6) is 1.12. The molecule has 146 valence electrons. The number of hydrogen-bond acceptors (Lipinski definition) is 6. The quantitative estimate of drug-likeness (QED) is 0.533. The number of benzene rings is 2. The first kappa shape index (κ1) is 19.9. The number of carbonyl (C=O) groups excluding carboxylic acids is 1. The van der Waals surface area contributed by atoms with Gasteiger partial charge in [-0.25, -0.2) is 0 Å². The molecule has 0 spiro atoms. The smallest absolute Gasteiger partial charge is 0.277 e. The minimum atomic E-state index is -0.333. The third-order valence-electron chi connectivity index (χ3n) is 4.10. The molecule has 0 aliphatic heterocycles. The van der Waals surface area contributed by atoms with Crippen LogP contribution >= 0.6 is 11.8 Å². The summed E-state index contributed by atoms with van der Waals surface area (Å²) in [6.07, 6.45) is 0. The van der Waals surface area contributed by atoms with Crippen molar-refractivity contribution in [2.75, 3.05) is 7.05 Å². The molecule has 0 fully saturated rings. The molecule has 1 unspecified atom stereocenters. The molecular formula is C21H23N3O3S.